The molecule has 0 spiro atoms. The Balaban J connectivity index is 2.15. The molecule has 5 nitrogen and oxygen atoms in total. The number of hydrogen-bond donors (Lipinski definition) is 1. The zero-order chi connectivity index (χ0) is 21.4. The van der Waals surface area contributed by atoms with Gasteiger partial charge in [0, 0.05) is 13.1 Å². The van der Waals surface area contributed by atoms with Gasteiger partial charge in [-0.15, -0.1) is 0 Å². The molecule has 0 aromatic heterocycles. The summed E-state index contributed by atoms with van der Waals surface area (Å²) in [7, 11) is 0. The van der Waals surface area contributed by atoms with Crippen LogP contribution in [0.15, 0.2) is 42.5 Å². The van der Waals surface area contributed by atoms with E-state index in [1.807, 2.05) is 39.0 Å². The van der Waals surface area contributed by atoms with Gasteiger partial charge in [-0.1, -0.05) is 31.2 Å². The van der Waals surface area contributed by atoms with Gasteiger partial charge in [0.25, 0.3) is 5.91 Å². The van der Waals surface area contributed by atoms with E-state index >= 15 is 0 Å². The molecule has 6 heteroatoms. The average molecular weight is 400 g/mol. The standard InChI is InChI=1S/C23H29FN2O3/c1-5-12-25-23(28)18(4)26(14-19-8-10-20(24)11-9-19)22(27)15-29-21-13-16(2)6-7-17(21)3/h6-11,13,18H,5,12,14-15H2,1-4H3,(H,25,28)/t18-/m0/s1. The van der Waals surface area contributed by atoms with Crippen LogP contribution in [0.1, 0.15) is 37.0 Å². The molecule has 1 atom stereocenters. The van der Waals surface area contributed by atoms with Gasteiger partial charge >= 0.3 is 0 Å². The number of nitrogens with one attached hydrogen (secondary N) is 1. The highest BCUT2D eigenvalue weighted by Crippen LogP contribution is 2.19. The molecule has 29 heavy (non-hydrogen) atoms. The Morgan fingerprint density at radius 2 is 1.83 bits per heavy atom. The smallest absolute Gasteiger partial charge is 0.261 e. The SMILES string of the molecule is CCCNC(=O)[C@H](C)N(Cc1ccc(F)cc1)C(=O)COc1cc(C)ccc1C. The van der Waals surface area contributed by atoms with Crippen LogP contribution in [0.25, 0.3) is 0 Å². The molecule has 0 saturated carbocycles. The number of rotatable bonds is 9. The molecule has 2 aromatic rings. The number of carbonyl (C=O) groups is 2. The topological polar surface area (TPSA) is 58.6 Å². The van der Waals surface area contributed by atoms with Crippen molar-refractivity contribution in [2.75, 3.05) is 13.2 Å². The van der Waals surface area contributed by atoms with Gasteiger partial charge < -0.3 is 15.0 Å². The normalized spacial score (nSPS) is 11.6. The fraction of sp³-hybridized carbons (Fsp3) is 0.391. The van der Waals surface area contributed by atoms with Crippen LogP contribution in [-0.2, 0) is 16.1 Å². The lowest BCUT2D eigenvalue weighted by Gasteiger charge is -2.29. The quantitative estimate of drug-likeness (QED) is 0.697. The molecule has 0 heterocycles. The third kappa shape index (κ3) is 6.59. The Morgan fingerprint density at radius 3 is 2.48 bits per heavy atom. The first-order valence-electron chi connectivity index (χ1n) is 9.83. The Bertz CT molecular complexity index is 837. The second-order valence-electron chi connectivity index (χ2n) is 7.17. The summed E-state index contributed by atoms with van der Waals surface area (Å²) in [5.41, 5.74) is 2.71. The van der Waals surface area contributed by atoms with Gasteiger partial charge in [0.2, 0.25) is 5.91 Å². The summed E-state index contributed by atoms with van der Waals surface area (Å²) >= 11 is 0. The van der Waals surface area contributed by atoms with E-state index in [2.05, 4.69) is 5.32 Å². The predicted octanol–water partition coefficient (Wildman–Crippen LogP) is 3.76. The van der Waals surface area contributed by atoms with E-state index < -0.39 is 6.04 Å². The van der Waals surface area contributed by atoms with E-state index in [0.29, 0.717) is 12.3 Å². The van der Waals surface area contributed by atoms with E-state index in [4.69, 9.17) is 4.74 Å². The first-order valence-corrected chi connectivity index (χ1v) is 9.83. The van der Waals surface area contributed by atoms with E-state index in [-0.39, 0.29) is 30.8 Å². The molecule has 2 aromatic carbocycles. The molecule has 0 saturated heterocycles. The van der Waals surface area contributed by atoms with Crippen molar-refractivity contribution in [3.05, 3.63) is 65.0 Å². The second kappa shape index (κ2) is 10.6. The third-order valence-corrected chi connectivity index (χ3v) is 4.68. The summed E-state index contributed by atoms with van der Waals surface area (Å²) in [6.07, 6.45) is 0.806. The number of ether oxygens (including phenoxy) is 1. The zero-order valence-electron chi connectivity index (χ0n) is 17.5. The second-order valence-corrected chi connectivity index (χ2v) is 7.17. The lowest BCUT2D eigenvalue weighted by Crippen LogP contribution is -2.49. The number of amides is 2. The third-order valence-electron chi connectivity index (χ3n) is 4.68. The van der Waals surface area contributed by atoms with Crippen molar-refractivity contribution < 1.29 is 18.7 Å². The van der Waals surface area contributed by atoms with Crippen molar-refractivity contribution in [1.82, 2.24) is 10.2 Å². The summed E-state index contributed by atoms with van der Waals surface area (Å²) in [5, 5.41) is 2.82. The predicted molar refractivity (Wildman–Crippen MR) is 111 cm³/mol. The van der Waals surface area contributed by atoms with Gasteiger partial charge in [-0.2, -0.15) is 0 Å². The van der Waals surface area contributed by atoms with Gasteiger partial charge in [-0.05, 0) is 62.1 Å². The maximum Gasteiger partial charge on any atom is 0.261 e. The van der Waals surface area contributed by atoms with Gasteiger partial charge in [0.1, 0.15) is 17.6 Å². The zero-order valence-corrected chi connectivity index (χ0v) is 17.5. The van der Waals surface area contributed by atoms with Crippen molar-refractivity contribution in [2.45, 2.75) is 46.7 Å². The average Bonchev–Trinajstić information content (AvgIpc) is 2.71. The molecule has 0 aliphatic heterocycles. The molecule has 156 valence electrons. The van der Waals surface area contributed by atoms with Gasteiger partial charge in [-0.3, -0.25) is 9.59 Å². The molecule has 1 N–H and O–H groups in total. The van der Waals surface area contributed by atoms with Crippen LogP contribution in [0.2, 0.25) is 0 Å². The molecular formula is C23H29FN2O3. The lowest BCUT2D eigenvalue weighted by molar-refractivity contribution is -0.142. The van der Waals surface area contributed by atoms with Crippen molar-refractivity contribution in [2.24, 2.45) is 0 Å². The van der Waals surface area contributed by atoms with Gasteiger partial charge in [-0.25, -0.2) is 4.39 Å². The van der Waals surface area contributed by atoms with Crippen LogP contribution in [0, 0.1) is 19.7 Å². The molecule has 0 radical (unpaired) electrons. The fourth-order valence-corrected chi connectivity index (χ4v) is 2.85. The highest BCUT2D eigenvalue weighted by Gasteiger charge is 2.26. The number of carbonyl (C=O) groups excluding carboxylic acids is 2. The van der Waals surface area contributed by atoms with Gasteiger partial charge in [0.15, 0.2) is 6.61 Å². The number of nitrogens with zero attached hydrogens (tertiary/aromatic N) is 1. The van der Waals surface area contributed by atoms with Crippen LogP contribution in [0.4, 0.5) is 4.39 Å². The molecule has 2 rings (SSSR count). The first kappa shape index (κ1) is 22.4. The summed E-state index contributed by atoms with van der Waals surface area (Å²) in [4.78, 5) is 26.9. The Kier molecular flexibility index (Phi) is 8.19. The number of benzene rings is 2. The number of halogens is 1. The van der Waals surface area contributed by atoms with Crippen LogP contribution >= 0.6 is 0 Å². The Labute approximate surface area is 171 Å². The molecule has 0 unspecified atom stereocenters. The Morgan fingerprint density at radius 1 is 1.14 bits per heavy atom. The van der Waals surface area contributed by atoms with E-state index in [1.165, 1.54) is 17.0 Å². The maximum atomic E-state index is 13.2. The summed E-state index contributed by atoms with van der Waals surface area (Å²) in [6, 6.07) is 11.0. The van der Waals surface area contributed by atoms with Crippen molar-refractivity contribution >= 4 is 11.8 Å². The van der Waals surface area contributed by atoms with E-state index in [0.717, 1.165) is 23.1 Å². The van der Waals surface area contributed by atoms with E-state index in [9.17, 15) is 14.0 Å². The maximum absolute atomic E-state index is 13.2. The molecule has 0 fully saturated rings. The molecule has 0 bridgehead atoms. The monoisotopic (exact) mass is 400 g/mol. The number of aryl methyl sites for hydroxylation is 2. The molecule has 2 amide bonds. The highest BCUT2D eigenvalue weighted by atomic mass is 19.1. The van der Waals surface area contributed by atoms with Gasteiger partial charge in [0.05, 0.1) is 0 Å². The fourth-order valence-electron chi connectivity index (χ4n) is 2.85. The van der Waals surface area contributed by atoms with Crippen molar-refractivity contribution in [1.29, 1.82) is 0 Å². The van der Waals surface area contributed by atoms with Crippen LogP contribution in [0.5, 0.6) is 5.75 Å². The van der Waals surface area contributed by atoms with E-state index in [1.54, 1.807) is 19.1 Å². The first-order chi connectivity index (χ1) is 13.8. The van der Waals surface area contributed by atoms with Crippen LogP contribution in [0.3, 0.4) is 0 Å². The minimum atomic E-state index is -0.679. The van der Waals surface area contributed by atoms with Crippen LogP contribution < -0.4 is 10.1 Å². The molecule has 0 aliphatic carbocycles. The lowest BCUT2D eigenvalue weighted by atomic mass is 10.1. The summed E-state index contributed by atoms with van der Waals surface area (Å²) in [5.74, 6) is -0.245. The summed E-state index contributed by atoms with van der Waals surface area (Å²) in [6.45, 7) is 8.06. The van der Waals surface area contributed by atoms with Crippen LogP contribution in [-0.4, -0.2) is 35.9 Å². The minimum Gasteiger partial charge on any atom is -0.483 e. The Hall–Kier alpha value is -2.89. The number of hydrogen-bond acceptors (Lipinski definition) is 3. The molecular weight excluding hydrogens is 371 g/mol. The van der Waals surface area contributed by atoms with Crippen molar-refractivity contribution in [3.8, 4) is 5.75 Å². The highest BCUT2D eigenvalue weighted by molar-refractivity contribution is 5.87. The minimum absolute atomic E-state index is 0.184. The largest absolute Gasteiger partial charge is 0.483 e. The summed E-state index contributed by atoms with van der Waals surface area (Å²) < 4.78 is 19.0. The van der Waals surface area contributed by atoms with Crippen molar-refractivity contribution in [3.63, 3.8) is 0 Å². The molecule has 0 aliphatic rings.